The van der Waals surface area contributed by atoms with E-state index in [1.165, 1.54) is 7.11 Å². The number of carboxylic acids is 1. The van der Waals surface area contributed by atoms with Crippen LogP contribution in [0, 0.1) is 12.3 Å². The number of hydrogen-bond acceptors (Lipinski definition) is 3. The van der Waals surface area contributed by atoms with E-state index in [4.69, 9.17) is 17.3 Å². The number of nitrogens with two attached hydrogens (primary N) is 1. The third-order valence-corrected chi connectivity index (χ3v) is 1.03. The van der Waals surface area contributed by atoms with Crippen molar-refractivity contribution in [1.82, 2.24) is 0 Å². The van der Waals surface area contributed by atoms with Crippen LogP contribution in [0.2, 0.25) is 0 Å². The van der Waals surface area contributed by atoms with Crippen LogP contribution in [0.4, 0.5) is 0 Å². The lowest BCUT2D eigenvalue weighted by Gasteiger charge is -2.11. The van der Waals surface area contributed by atoms with Crippen molar-refractivity contribution in [3.63, 3.8) is 0 Å². The molecule has 0 saturated heterocycles. The van der Waals surface area contributed by atoms with Gasteiger partial charge in [0.05, 0.1) is 0 Å². The molecule has 0 aliphatic heterocycles. The maximum Gasteiger partial charge on any atom is 0.324 e. The highest BCUT2D eigenvalue weighted by molar-refractivity contribution is 5.74. The molecule has 0 aromatic heterocycles. The Hall–Kier alpha value is -1.05. The number of carboxylic acid groups (broad SMARTS) is 1. The van der Waals surface area contributed by atoms with Crippen LogP contribution >= 0.6 is 0 Å². The lowest BCUT2D eigenvalue weighted by atomic mass is 10.2. The van der Waals surface area contributed by atoms with E-state index in [9.17, 15) is 4.79 Å². The zero-order valence-electron chi connectivity index (χ0n) is 5.57. The Bertz CT molecular complexity index is 161. The zero-order chi connectivity index (χ0) is 8.15. The molecule has 4 nitrogen and oxygen atoms in total. The van der Waals surface area contributed by atoms with Crippen LogP contribution in [0.1, 0.15) is 0 Å². The summed E-state index contributed by atoms with van der Waals surface area (Å²) in [5.74, 6) is 0.943. The molecule has 0 radical (unpaired) electrons. The van der Waals surface area contributed by atoms with Gasteiger partial charge in [-0.25, -0.2) is 0 Å². The van der Waals surface area contributed by atoms with Crippen LogP contribution in [0.25, 0.3) is 0 Å². The highest BCUT2D eigenvalue weighted by Gasteiger charge is 2.21. The smallest absolute Gasteiger partial charge is 0.324 e. The van der Waals surface area contributed by atoms with Crippen LogP contribution in [-0.4, -0.2) is 30.3 Å². The molecule has 0 bridgehead atoms. The molecular formula is C6H9NO3. The zero-order valence-corrected chi connectivity index (χ0v) is 5.57. The first-order valence-electron chi connectivity index (χ1n) is 2.60. The number of terminal acetylenes is 1. The lowest BCUT2D eigenvalue weighted by Crippen LogP contribution is -2.41. The topological polar surface area (TPSA) is 72.5 Å². The molecule has 0 rings (SSSR count). The lowest BCUT2D eigenvalue weighted by molar-refractivity contribution is -0.140. The minimum Gasteiger partial charge on any atom is -0.480 e. The predicted molar refractivity (Wildman–Crippen MR) is 35.2 cm³/mol. The Labute approximate surface area is 59.0 Å². The summed E-state index contributed by atoms with van der Waals surface area (Å²) in [5.41, 5.74) is 5.11. The highest BCUT2D eigenvalue weighted by Crippen LogP contribution is 1.92. The fraction of sp³-hybridized carbons (Fsp3) is 0.500. The molecule has 4 heteroatoms. The fourth-order valence-electron chi connectivity index (χ4n) is 0.448. The number of hydrogen-bond donors (Lipinski definition) is 2. The molecule has 10 heavy (non-hydrogen) atoms. The summed E-state index contributed by atoms with van der Waals surface area (Å²) in [7, 11) is 1.31. The highest BCUT2D eigenvalue weighted by atomic mass is 16.5. The van der Waals surface area contributed by atoms with Crippen molar-refractivity contribution in [3.05, 3.63) is 0 Å². The quantitative estimate of drug-likeness (QED) is 0.499. The number of methoxy groups -OCH3 is 1. The molecule has 0 heterocycles. The van der Waals surface area contributed by atoms with E-state index in [2.05, 4.69) is 10.7 Å². The molecule has 0 fully saturated rings. The molecule has 3 N–H and O–H groups in total. The van der Waals surface area contributed by atoms with Gasteiger partial charge < -0.3 is 15.6 Å². The minimum atomic E-state index is -1.16. The van der Waals surface area contributed by atoms with Crippen molar-refractivity contribution >= 4 is 5.97 Å². The first-order valence-corrected chi connectivity index (χ1v) is 2.60. The number of aliphatic carboxylic acids is 1. The normalized spacial score (nSPS) is 15.3. The maximum atomic E-state index is 10.2. The van der Waals surface area contributed by atoms with Crippen molar-refractivity contribution in [2.24, 2.45) is 5.73 Å². The van der Waals surface area contributed by atoms with Gasteiger partial charge in [-0.2, -0.15) is 0 Å². The van der Waals surface area contributed by atoms with Gasteiger partial charge in [0.15, 0.2) is 0 Å². The SMILES string of the molecule is C#CC(OC)C(N)C(=O)O. The molecule has 0 aliphatic carbocycles. The van der Waals surface area contributed by atoms with Crippen LogP contribution in [-0.2, 0) is 9.53 Å². The third kappa shape index (κ3) is 2.05. The first-order chi connectivity index (χ1) is 4.63. The van der Waals surface area contributed by atoms with Crippen molar-refractivity contribution in [1.29, 1.82) is 0 Å². The van der Waals surface area contributed by atoms with Crippen molar-refractivity contribution in [2.75, 3.05) is 7.11 Å². The summed E-state index contributed by atoms with van der Waals surface area (Å²) in [5, 5.41) is 8.31. The summed E-state index contributed by atoms with van der Waals surface area (Å²) < 4.78 is 4.58. The Morgan fingerprint density at radius 2 is 2.40 bits per heavy atom. The number of carbonyl (C=O) groups is 1. The van der Waals surface area contributed by atoms with E-state index in [0.29, 0.717) is 0 Å². The van der Waals surface area contributed by atoms with Crippen molar-refractivity contribution in [3.8, 4) is 12.3 Å². The second-order valence-corrected chi connectivity index (χ2v) is 1.69. The van der Waals surface area contributed by atoms with Gasteiger partial charge in [-0.1, -0.05) is 5.92 Å². The molecule has 0 aromatic carbocycles. The predicted octanol–water partition coefficient (Wildman–Crippen LogP) is -0.953. The Morgan fingerprint density at radius 3 is 2.50 bits per heavy atom. The third-order valence-electron chi connectivity index (χ3n) is 1.03. The fourth-order valence-corrected chi connectivity index (χ4v) is 0.448. The van der Waals surface area contributed by atoms with Crippen LogP contribution in [0.5, 0.6) is 0 Å². The molecule has 0 spiro atoms. The van der Waals surface area contributed by atoms with Gasteiger partial charge in [0.2, 0.25) is 0 Å². The van der Waals surface area contributed by atoms with E-state index >= 15 is 0 Å². The Morgan fingerprint density at radius 1 is 1.90 bits per heavy atom. The minimum absolute atomic E-state index is 0.850. The molecule has 2 unspecified atom stereocenters. The summed E-state index contributed by atoms with van der Waals surface area (Å²) in [6.45, 7) is 0. The molecule has 0 saturated carbocycles. The summed E-state index contributed by atoms with van der Waals surface area (Å²) in [6.07, 6.45) is 4.05. The molecule has 0 aliphatic rings. The summed E-state index contributed by atoms with van der Waals surface area (Å²) in [4.78, 5) is 10.2. The van der Waals surface area contributed by atoms with E-state index in [0.717, 1.165) is 0 Å². The van der Waals surface area contributed by atoms with Crippen LogP contribution in [0.15, 0.2) is 0 Å². The van der Waals surface area contributed by atoms with Crippen molar-refractivity contribution < 1.29 is 14.6 Å². The molecule has 56 valence electrons. The van der Waals surface area contributed by atoms with E-state index < -0.39 is 18.1 Å². The monoisotopic (exact) mass is 143 g/mol. The van der Waals surface area contributed by atoms with Gasteiger partial charge in [0, 0.05) is 7.11 Å². The summed E-state index contributed by atoms with van der Waals surface area (Å²) >= 11 is 0. The Kier molecular flexibility index (Phi) is 3.47. The van der Waals surface area contributed by atoms with Gasteiger partial charge >= 0.3 is 5.97 Å². The largest absolute Gasteiger partial charge is 0.480 e. The van der Waals surface area contributed by atoms with Gasteiger partial charge in [-0.05, 0) is 0 Å². The van der Waals surface area contributed by atoms with Crippen LogP contribution in [0.3, 0.4) is 0 Å². The molecule has 0 amide bonds. The molecular weight excluding hydrogens is 134 g/mol. The standard InChI is InChI=1S/C6H9NO3/c1-3-4(10-2)5(7)6(8)9/h1,4-5H,7H2,2H3,(H,8,9). The van der Waals surface area contributed by atoms with Gasteiger partial charge in [-0.15, -0.1) is 6.42 Å². The van der Waals surface area contributed by atoms with E-state index in [1.54, 1.807) is 0 Å². The van der Waals surface area contributed by atoms with E-state index in [-0.39, 0.29) is 0 Å². The van der Waals surface area contributed by atoms with Crippen molar-refractivity contribution in [2.45, 2.75) is 12.1 Å². The van der Waals surface area contributed by atoms with Gasteiger partial charge in [-0.3, -0.25) is 4.79 Å². The van der Waals surface area contributed by atoms with E-state index in [1.807, 2.05) is 0 Å². The number of rotatable bonds is 3. The average Bonchev–Trinajstić information content (AvgIpc) is 1.90. The second kappa shape index (κ2) is 3.88. The molecule has 2 atom stereocenters. The first kappa shape index (κ1) is 8.95. The van der Waals surface area contributed by atoms with Gasteiger partial charge in [0.1, 0.15) is 12.1 Å². The Balaban J connectivity index is 4.05. The second-order valence-electron chi connectivity index (χ2n) is 1.69. The number of ether oxygens (including phenoxy) is 1. The summed E-state index contributed by atoms with van der Waals surface area (Å²) in [6, 6.07) is -1.14. The average molecular weight is 143 g/mol. The van der Waals surface area contributed by atoms with Crippen LogP contribution < -0.4 is 5.73 Å². The maximum absolute atomic E-state index is 10.2. The van der Waals surface area contributed by atoms with Gasteiger partial charge in [0.25, 0.3) is 0 Å². The molecule has 0 aromatic rings.